The van der Waals surface area contributed by atoms with Crippen LogP contribution in [0.25, 0.3) is 0 Å². The Morgan fingerprint density at radius 2 is 1.89 bits per heavy atom. The lowest BCUT2D eigenvalue weighted by Gasteiger charge is -2.14. The molecule has 56 valence electrons. The second kappa shape index (κ2) is 3.03. The van der Waals surface area contributed by atoms with E-state index in [1.165, 1.54) is 0 Å². The summed E-state index contributed by atoms with van der Waals surface area (Å²) in [4.78, 5) is 0. The van der Waals surface area contributed by atoms with Gasteiger partial charge in [0.1, 0.15) is 0 Å². The summed E-state index contributed by atoms with van der Waals surface area (Å²) in [6.07, 6.45) is -4.36. The molecule has 0 spiro atoms. The van der Waals surface area contributed by atoms with E-state index in [0.29, 0.717) is 0 Å². The first-order valence-electron chi connectivity index (χ1n) is 2.40. The van der Waals surface area contributed by atoms with Crippen LogP contribution in [0, 0.1) is 5.92 Å². The van der Waals surface area contributed by atoms with E-state index >= 15 is 0 Å². The maximum absolute atomic E-state index is 11.5. The standard InChI is InChI=1S/C4H8F3NO/c5-4(6,7)3(1-8)2-9/h3,9H,1-2,8H2/t3-/m1/s1. The van der Waals surface area contributed by atoms with E-state index in [2.05, 4.69) is 5.73 Å². The van der Waals surface area contributed by atoms with Gasteiger partial charge >= 0.3 is 6.18 Å². The lowest BCUT2D eigenvalue weighted by atomic mass is 10.1. The van der Waals surface area contributed by atoms with Crippen LogP contribution in [0.4, 0.5) is 13.2 Å². The molecule has 0 unspecified atom stereocenters. The zero-order valence-corrected chi connectivity index (χ0v) is 4.65. The number of hydrogen-bond donors (Lipinski definition) is 2. The number of halogens is 3. The van der Waals surface area contributed by atoms with Crippen molar-refractivity contribution in [3.05, 3.63) is 0 Å². The average Bonchev–Trinajstić information content (AvgIpc) is 1.65. The van der Waals surface area contributed by atoms with E-state index < -0.39 is 25.2 Å². The fraction of sp³-hybridized carbons (Fsp3) is 1.00. The molecule has 9 heavy (non-hydrogen) atoms. The maximum atomic E-state index is 11.5. The van der Waals surface area contributed by atoms with Gasteiger partial charge in [0.2, 0.25) is 0 Å². The molecular formula is C4H8F3NO. The highest BCUT2D eigenvalue weighted by molar-refractivity contribution is 4.65. The Kier molecular flexibility index (Phi) is 2.93. The SMILES string of the molecule is NC[C@H](CO)C(F)(F)F. The molecule has 0 aliphatic rings. The average molecular weight is 143 g/mol. The van der Waals surface area contributed by atoms with Gasteiger partial charge in [-0.25, -0.2) is 0 Å². The quantitative estimate of drug-likeness (QED) is 0.576. The third-order valence-corrected chi connectivity index (χ3v) is 0.968. The van der Waals surface area contributed by atoms with Gasteiger partial charge in [0.25, 0.3) is 0 Å². The number of rotatable bonds is 2. The summed E-state index contributed by atoms with van der Waals surface area (Å²) < 4.78 is 34.4. The van der Waals surface area contributed by atoms with Crippen LogP contribution >= 0.6 is 0 Å². The van der Waals surface area contributed by atoms with E-state index in [9.17, 15) is 13.2 Å². The van der Waals surface area contributed by atoms with Crippen molar-refractivity contribution in [1.29, 1.82) is 0 Å². The Hall–Kier alpha value is -0.290. The smallest absolute Gasteiger partial charge is 0.395 e. The first kappa shape index (κ1) is 8.71. The molecule has 0 rings (SSSR count). The van der Waals surface area contributed by atoms with E-state index in [-0.39, 0.29) is 0 Å². The van der Waals surface area contributed by atoms with Gasteiger partial charge < -0.3 is 10.8 Å². The van der Waals surface area contributed by atoms with Crippen molar-refractivity contribution in [3.8, 4) is 0 Å². The molecule has 0 fully saturated rings. The Balaban J connectivity index is 3.79. The lowest BCUT2D eigenvalue weighted by molar-refractivity contribution is -0.180. The van der Waals surface area contributed by atoms with Crippen LogP contribution in [0.5, 0.6) is 0 Å². The van der Waals surface area contributed by atoms with Crippen molar-refractivity contribution in [2.45, 2.75) is 6.18 Å². The van der Waals surface area contributed by atoms with Crippen LogP contribution in [0.15, 0.2) is 0 Å². The van der Waals surface area contributed by atoms with Crippen LogP contribution in [-0.4, -0.2) is 24.4 Å². The van der Waals surface area contributed by atoms with E-state index in [1.807, 2.05) is 0 Å². The first-order chi connectivity index (χ1) is 4.02. The molecule has 0 aromatic heterocycles. The van der Waals surface area contributed by atoms with Crippen molar-refractivity contribution in [2.75, 3.05) is 13.2 Å². The predicted octanol–water partition coefficient (Wildman–Crippen LogP) is 0.116. The number of aliphatic hydroxyl groups excluding tert-OH is 1. The van der Waals surface area contributed by atoms with Gasteiger partial charge in [0.05, 0.1) is 12.5 Å². The van der Waals surface area contributed by atoms with E-state index in [4.69, 9.17) is 5.11 Å². The van der Waals surface area contributed by atoms with Crippen molar-refractivity contribution < 1.29 is 18.3 Å². The largest absolute Gasteiger partial charge is 0.396 e. The molecule has 0 aliphatic heterocycles. The predicted molar refractivity (Wildman–Crippen MR) is 25.7 cm³/mol. The van der Waals surface area contributed by atoms with Gasteiger partial charge in [-0.05, 0) is 0 Å². The monoisotopic (exact) mass is 143 g/mol. The van der Waals surface area contributed by atoms with Crippen molar-refractivity contribution in [2.24, 2.45) is 11.7 Å². The summed E-state index contributed by atoms with van der Waals surface area (Å²) in [5.74, 6) is -1.77. The molecule has 0 aromatic rings. The Bertz CT molecular complexity index is 78.4. The summed E-state index contributed by atoms with van der Waals surface area (Å²) in [6.45, 7) is -1.49. The molecule has 3 N–H and O–H groups in total. The van der Waals surface area contributed by atoms with Gasteiger partial charge in [-0.1, -0.05) is 0 Å². The second-order valence-electron chi connectivity index (χ2n) is 1.66. The molecule has 0 bridgehead atoms. The van der Waals surface area contributed by atoms with Crippen LogP contribution < -0.4 is 5.73 Å². The molecule has 0 aliphatic carbocycles. The summed E-state index contributed by atoms with van der Waals surface area (Å²) in [5, 5.41) is 8.06. The van der Waals surface area contributed by atoms with Crippen molar-refractivity contribution in [1.82, 2.24) is 0 Å². The van der Waals surface area contributed by atoms with E-state index in [1.54, 1.807) is 0 Å². The highest BCUT2D eigenvalue weighted by Crippen LogP contribution is 2.24. The van der Waals surface area contributed by atoms with Crippen molar-refractivity contribution in [3.63, 3.8) is 0 Å². The van der Waals surface area contributed by atoms with Gasteiger partial charge in [0.15, 0.2) is 0 Å². The van der Waals surface area contributed by atoms with Gasteiger partial charge in [-0.2, -0.15) is 13.2 Å². The third kappa shape index (κ3) is 2.67. The summed E-state index contributed by atoms with van der Waals surface area (Å²) >= 11 is 0. The van der Waals surface area contributed by atoms with Crippen molar-refractivity contribution >= 4 is 0 Å². The molecule has 0 radical (unpaired) electrons. The van der Waals surface area contributed by atoms with Gasteiger partial charge in [-0.15, -0.1) is 0 Å². The minimum Gasteiger partial charge on any atom is -0.396 e. The zero-order chi connectivity index (χ0) is 7.49. The van der Waals surface area contributed by atoms with Crippen LogP contribution in [0.1, 0.15) is 0 Å². The van der Waals surface area contributed by atoms with E-state index in [0.717, 1.165) is 0 Å². The highest BCUT2D eigenvalue weighted by atomic mass is 19.4. The summed E-state index contributed by atoms with van der Waals surface area (Å²) in [7, 11) is 0. The number of nitrogens with two attached hydrogens (primary N) is 1. The van der Waals surface area contributed by atoms with Crippen LogP contribution in [-0.2, 0) is 0 Å². The van der Waals surface area contributed by atoms with Gasteiger partial charge in [0, 0.05) is 6.54 Å². The normalized spacial score (nSPS) is 15.7. The maximum Gasteiger partial charge on any atom is 0.395 e. The molecule has 0 aromatic carbocycles. The van der Waals surface area contributed by atoms with Crippen LogP contribution in [0.2, 0.25) is 0 Å². The first-order valence-corrected chi connectivity index (χ1v) is 2.40. The number of alkyl halides is 3. The molecule has 0 heterocycles. The number of aliphatic hydroxyl groups is 1. The minimum absolute atomic E-state index is 0.556. The minimum atomic E-state index is -4.36. The summed E-state index contributed by atoms with van der Waals surface area (Å²) in [5.41, 5.74) is 4.69. The highest BCUT2D eigenvalue weighted by Gasteiger charge is 2.37. The number of hydrogen-bond acceptors (Lipinski definition) is 2. The summed E-state index contributed by atoms with van der Waals surface area (Å²) in [6, 6.07) is 0. The Morgan fingerprint density at radius 3 is 1.89 bits per heavy atom. The molecule has 0 saturated carbocycles. The zero-order valence-electron chi connectivity index (χ0n) is 4.65. The lowest BCUT2D eigenvalue weighted by Crippen LogP contribution is -2.32. The Morgan fingerprint density at radius 1 is 1.44 bits per heavy atom. The third-order valence-electron chi connectivity index (χ3n) is 0.968. The van der Waals surface area contributed by atoms with Crippen LogP contribution in [0.3, 0.4) is 0 Å². The molecule has 0 amide bonds. The fourth-order valence-corrected chi connectivity index (χ4v) is 0.312. The fourth-order valence-electron chi connectivity index (χ4n) is 0.312. The molecule has 5 heteroatoms. The molecule has 2 nitrogen and oxygen atoms in total. The van der Waals surface area contributed by atoms with Gasteiger partial charge in [-0.3, -0.25) is 0 Å². The topological polar surface area (TPSA) is 46.2 Å². The molecular weight excluding hydrogens is 135 g/mol. The Labute approximate surface area is 50.5 Å². The second-order valence-corrected chi connectivity index (χ2v) is 1.66. The molecule has 1 atom stereocenters. The molecule has 0 saturated heterocycles.